The minimum Gasteiger partial charge on any atom is -0.348 e. The lowest BCUT2D eigenvalue weighted by Gasteiger charge is -2.09. The molecule has 0 spiro atoms. The number of amides is 1. The van der Waals surface area contributed by atoms with E-state index in [4.69, 9.17) is 4.52 Å². The van der Waals surface area contributed by atoms with E-state index in [0.717, 1.165) is 12.0 Å². The molecule has 0 aromatic carbocycles. The Hall–Kier alpha value is -3.03. The maximum atomic E-state index is 12.1. The second-order valence-corrected chi connectivity index (χ2v) is 5.50. The quantitative estimate of drug-likeness (QED) is 0.771. The molecule has 124 valence electrons. The van der Waals surface area contributed by atoms with Crippen molar-refractivity contribution in [3.05, 3.63) is 42.4 Å². The first-order valence-corrected chi connectivity index (χ1v) is 7.68. The van der Waals surface area contributed by atoms with Crippen molar-refractivity contribution in [2.24, 2.45) is 0 Å². The molecule has 1 amide bonds. The van der Waals surface area contributed by atoms with Gasteiger partial charge < -0.3 is 9.84 Å². The largest absolute Gasteiger partial charge is 0.348 e. The molecular formula is C16H18N6O2. The van der Waals surface area contributed by atoms with Crippen LogP contribution in [0.15, 0.2) is 35.4 Å². The zero-order chi connectivity index (χ0) is 17.1. The molecule has 0 saturated heterocycles. The van der Waals surface area contributed by atoms with Crippen molar-refractivity contribution in [3.63, 3.8) is 0 Å². The maximum Gasteiger partial charge on any atom is 0.271 e. The highest BCUT2D eigenvalue weighted by atomic mass is 16.5. The van der Waals surface area contributed by atoms with Crippen molar-refractivity contribution in [3.8, 4) is 17.3 Å². The van der Waals surface area contributed by atoms with Gasteiger partial charge in [0, 0.05) is 24.0 Å². The lowest BCUT2D eigenvalue weighted by atomic mass is 10.2. The van der Waals surface area contributed by atoms with Crippen LogP contribution in [-0.2, 0) is 0 Å². The van der Waals surface area contributed by atoms with Crippen LogP contribution in [0.2, 0.25) is 0 Å². The number of nitrogens with one attached hydrogen (secondary N) is 1. The van der Waals surface area contributed by atoms with E-state index in [9.17, 15) is 4.79 Å². The molecule has 8 heteroatoms. The fourth-order valence-electron chi connectivity index (χ4n) is 2.07. The molecule has 0 fully saturated rings. The SMILES string of the molecule is CCC(C)NC(=O)c1cn(-c2cc(-c3nc(C)no3)ccn2)cn1. The number of hydrogen-bond acceptors (Lipinski definition) is 6. The van der Waals surface area contributed by atoms with Crippen molar-refractivity contribution < 1.29 is 9.32 Å². The summed E-state index contributed by atoms with van der Waals surface area (Å²) in [6.07, 6.45) is 5.70. The Labute approximate surface area is 138 Å². The van der Waals surface area contributed by atoms with E-state index >= 15 is 0 Å². The molecule has 0 aliphatic heterocycles. The molecule has 24 heavy (non-hydrogen) atoms. The first-order chi connectivity index (χ1) is 11.6. The van der Waals surface area contributed by atoms with Crippen molar-refractivity contribution in [1.29, 1.82) is 0 Å². The van der Waals surface area contributed by atoms with Crippen LogP contribution in [0.4, 0.5) is 0 Å². The molecular weight excluding hydrogens is 308 g/mol. The van der Waals surface area contributed by atoms with Crippen LogP contribution in [0.1, 0.15) is 36.6 Å². The van der Waals surface area contributed by atoms with Crippen LogP contribution in [0.5, 0.6) is 0 Å². The molecule has 8 nitrogen and oxygen atoms in total. The van der Waals surface area contributed by atoms with Crippen LogP contribution in [0, 0.1) is 6.92 Å². The first kappa shape index (κ1) is 15.9. The average molecular weight is 326 g/mol. The van der Waals surface area contributed by atoms with Crippen molar-refractivity contribution >= 4 is 5.91 Å². The number of nitrogens with zero attached hydrogens (tertiary/aromatic N) is 5. The Morgan fingerprint density at radius 2 is 2.25 bits per heavy atom. The fraction of sp³-hybridized carbons (Fsp3) is 0.312. The molecule has 1 unspecified atom stereocenters. The number of imidazole rings is 1. The van der Waals surface area contributed by atoms with Gasteiger partial charge in [0.2, 0.25) is 0 Å². The Morgan fingerprint density at radius 1 is 1.42 bits per heavy atom. The predicted octanol–water partition coefficient (Wildman–Crippen LogP) is 2.15. The standard InChI is InChI=1S/C16H18N6O2/c1-4-10(2)19-15(23)13-8-22(9-18-13)14-7-12(5-6-17-14)16-20-11(3)21-24-16/h5-10H,4H2,1-3H3,(H,19,23). The Morgan fingerprint density at radius 3 is 2.96 bits per heavy atom. The van der Waals surface area contributed by atoms with Gasteiger partial charge in [-0.1, -0.05) is 12.1 Å². The van der Waals surface area contributed by atoms with Gasteiger partial charge in [-0.3, -0.25) is 9.36 Å². The summed E-state index contributed by atoms with van der Waals surface area (Å²) in [5.41, 5.74) is 1.09. The van der Waals surface area contributed by atoms with Crippen molar-refractivity contribution in [1.82, 2.24) is 30.0 Å². The molecule has 3 heterocycles. The van der Waals surface area contributed by atoms with Crippen LogP contribution < -0.4 is 5.32 Å². The number of hydrogen-bond donors (Lipinski definition) is 1. The molecule has 0 aliphatic rings. The molecule has 0 radical (unpaired) electrons. The Kier molecular flexibility index (Phi) is 4.37. The molecule has 0 bridgehead atoms. The van der Waals surface area contributed by atoms with Gasteiger partial charge in [0.25, 0.3) is 11.8 Å². The highest BCUT2D eigenvalue weighted by Gasteiger charge is 2.13. The van der Waals surface area contributed by atoms with E-state index < -0.39 is 0 Å². The lowest BCUT2D eigenvalue weighted by molar-refractivity contribution is 0.0934. The lowest BCUT2D eigenvalue weighted by Crippen LogP contribution is -2.32. The molecule has 3 aromatic heterocycles. The molecule has 1 N–H and O–H groups in total. The van der Waals surface area contributed by atoms with Crippen LogP contribution >= 0.6 is 0 Å². The second kappa shape index (κ2) is 6.61. The first-order valence-electron chi connectivity index (χ1n) is 7.68. The Bertz CT molecular complexity index is 854. The Balaban J connectivity index is 1.84. The number of aryl methyl sites for hydroxylation is 1. The minimum atomic E-state index is -0.202. The number of carbonyl (C=O) groups is 1. The predicted molar refractivity (Wildman–Crippen MR) is 86.6 cm³/mol. The molecule has 3 rings (SSSR count). The van der Waals surface area contributed by atoms with Gasteiger partial charge in [0.05, 0.1) is 0 Å². The smallest absolute Gasteiger partial charge is 0.271 e. The third kappa shape index (κ3) is 3.32. The van der Waals surface area contributed by atoms with Crippen LogP contribution in [-0.4, -0.2) is 36.6 Å². The van der Waals surface area contributed by atoms with E-state index in [1.54, 1.807) is 42.3 Å². The highest BCUT2D eigenvalue weighted by Crippen LogP contribution is 2.19. The number of aromatic nitrogens is 5. The summed E-state index contributed by atoms with van der Waals surface area (Å²) in [4.78, 5) is 24.7. The van der Waals surface area contributed by atoms with Gasteiger partial charge in [0.15, 0.2) is 5.82 Å². The van der Waals surface area contributed by atoms with Crippen LogP contribution in [0.3, 0.4) is 0 Å². The monoisotopic (exact) mass is 326 g/mol. The van der Waals surface area contributed by atoms with Crippen molar-refractivity contribution in [2.75, 3.05) is 0 Å². The summed E-state index contributed by atoms with van der Waals surface area (Å²) < 4.78 is 6.84. The summed E-state index contributed by atoms with van der Waals surface area (Å²) in [5.74, 6) is 1.39. The normalized spacial score (nSPS) is 12.1. The van der Waals surface area contributed by atoms with Gasteiger partial charge in [-0.2, -0.15) is 4.98 Å². The number of carbonyl (C=O) groups excluding carboxylic acids is 1. The molecule has 0 aliphatic carbocycles. The van der Waals surface area contributed by atoms with E-state index in [-0.39, 0.29) is 11.9 Å². The van der Waals surface area contributed by atoms with Gasteiger partial charge in [0.1, 0.15) is 17.8 Å². The van der Waals surface area contributed by atoms with Crippen molar-refractivity contribution in [2.45, 2.75) is 33.2 Å². The van der Waals surface area contributed by atoms with Gasteiger partial charge in [-0.25, -0.2) is 9.97 Å². The van der Waals surface area contributed by atoms with E-state index in [1.807, 2.05) is 13.8 Å². The summed E-state index contributed by atoms with van der Waals surface area (Å²) in [7, 11) is 0. The fourth-order valence-corrected chi connectivity index (χ4v) is 2.07. The van der Waals surface area contributed by atoms with Crippen LogP contribution in [0.25, 0.3) is 17.3 Å². The maximum absolute atomic E-state index is 12.1. The van der Waals surface area contributed by atoms with E-state index in [0.29, 0.717) is 23.2 Å². The summed E-state index contributed by atoms with van der Waals surface area (Å²) in [6, 6.07) is 3.68. The van der Waals surface area contributed by atoms with E-state index in [2.05, 4.69) is 25.4 Å². The second-order valence-electron chi connectivity index (χ2n) is 5.50. The zero-order valence-electron chi connectivity index (χ0n) is 13.7. The highest BCUT2D eigenvalue weighted by molar-refractivity contribution is 5.92. The summed E-state index contributed by atoms with van der Waals surface area (Å²) in [5, 5.41) is 6.66. The summed E-state index contributed by atoms with van der Waals surface area (Å²) >= 11 is 0. The number of rotatable bonds is 5. The van der Waals surface area contributed by atoms with Gasteiger partial charge in [-0.15, -0.1) is 0 Å². The molecule has 1 atom stereocenters. The third-order valence-corrected chi connectivity index (χ3v) is 3.59. The third-order valence-electron chi connectivity index (χ3n) is 3.59. The molecule has 3 aromatic rings. The zero-order valence-corrected chi connectivity index (χ0v) is 13.7. The van der Waals surface area contributed by atoms with E-state index in [1.165, 1.54) is 0 Å². The minimum absolute atomic E-state index is 0.102. The van der Waals surface area contributed by atoms with Gasteiger partial charge >= 0.3 is 0 Å². The topological polar surface area (TPSA) is 98.7 Å². The summed E-state index contributed by atoms with van der Waals surface area (Å²) in [6.45, 7) is 5.72. The number of pyridine rings is 1. The van der Waals surface area contributed by atoms with Gasteiger partial charge in [-0.05, 0) is 32.4 Å². The average Bonchev–Trinajstić information content (AvgIpc) is 3.24. The molecule has 0 saturated carbocycles.